The van der Waals surface area contributed by atoms with Gasteiger partial charge in [-0.1, -0.05) is 28.1 Å². The molecule has 1 aromatic heterocycles. The lowest BCUT2D eigenvalue weighted by Crippen LogP contribution is -2.10. The van der Waals surface area contributed by atoms with Gasteiger partial charge in [0.15, 0.2) is 0 Å². The molecule has 0 atom stereocenters. The van der Waals surface area contributed by atoms with Gasteiger partial charge in [0.05, 0.1) is 19.2 Å². The molecule has 0 unspecified atom stereocenters. The number of benzene rings is 1. The summed E-state index contributed by atoms with van der Waals surface area (Å²) >= 11 is 3.42. The quantitative estimate of drug-likeness (QED) is 0.851. The van der Waals surface area contributed by atoms with Crippen molar-refractivity contribution in [2.75, 3.05) is 19.0 Å². The van der Waals surface area contributed by atoms with Gasteiger partial charge in [0.1, 0.15) is 5.82 Å². The third-order valence-corrected chi connectivity index (χ3v) is 3.14. The van der Waals surface area contributed by atoms with Gasteiger partial charge in [0.2, 0.25) is 0 Å². The van der Waals surface area contributed by atoms with E-state index >= 15 is 0 Å². The average molecular weight is 336 g/mol. The lowest BCUT2D eigenvalue weighted by atomic mass is 10.1. The van der Waals surface area contributed by atoms with E-state index in [2.05, 4.69) is 36.2 Å². The number of ether oxygens (including phenoxy) is 1. The maximum atomic E-state index is 11.0. The zero-order valence-corrected chi connectivity index (χ0v) is 12.6. The Morgan fingerprint density at radius 1 is 1.30 bits per heavy atom. The van der Waals surface area contributed by atoms with Crippen molar-refractivity contribution in [3.8, 4) is 11.3 Å². The molecule has 1 heterocycles. The Balaban J connectivity index is 1.98. The molecule has 0 aliphatic heterocycles. The van der Waals surface area contributed by atoms with Crippen molar-refractivity contribution in [1.82, 2.24) is 10.2 Å². The number of hydrogen-bond donors (Lipinski definition) is 1. The van der Waals surface area contributed by atoms with Crippen LogP contribution in [0.15, 0.2) is 40.9 Å². The summed E-state index contributed by atoms with van der Waals surface area (Å²) in [5.74, 6) is 0.379. The number of nitrogens with one attached hydrogen (secondary N) is 1. The number of esters is 1. The van der Waals surface area contributed by atoms with Crippen molar-refractivity contribution in [2.24, 2.45) is 0 Å². The summed E-state index contributed by atoms with van der Waals surface area (Å²) in [4.78, 5) is 11.0. The highest BCUT2D eigenvalue weighted by atomic mass is 79.9. The van der Waals surface area contributed by atoms with Crippen LogP contribution < -0.4 is 5.32 Å². The van der Waals surface area contributed by atoms with Crippen LogP contribution in [0.5, 0.6) is 0 Å². The summed E-state index contributed by atoms with van der Waals surface area (Å²) in [6, 6.07) is 11.6. The van der Waals surface area contributed by atoms with Crippen molar-refractivity contribution >= 4 is 27.7 Å². The van der Waals surface area contributed by atoms with Crippen molar-refractivity contribution in [2.45, 2.75) is 6.42 Å². The van der Waals surface area contributed by atoms with E-state index in [0.717, 1.165) is 15.7 Å². The Hall–Kier alpha value is -1.95. The van der Waals surface area contributed by atoms with E-state index < -0.39 is 0 Å². The van der Waals surface area contributed by atoms with Gasteiger partial charge in [0, 0.05) is 16.6 Å². The monoisotopic (exact) mass is 335 g/mol. The Morgan fingerprint density at radius 3 is 2.80 bits per heavy atom. The van der Waals surface area contributed by atoms with E-state index in [1.54, 1.807) is 0 Å². The van der Waals surface area contributed by atoms with Crippen LogP contribution >= 0.6 is 15.9 Å². The van der Waals surface area contributed by atoms with Gasteiger partial charge >= 0.3 is 5.97 Å². The second kappa shape index (κ2) is 7.00. The van der Waals surface area contributed by atoms with Crippen LogP contribution in [0.2, 0.25) is 0 Å². The van der Waals surface area contributed by atoms with E-state index in [4.69, 9.17) is 0 Å². The summed E-state index contributed by atoms with van der Waals surface area (Å²) in [6.07, 6.45) is 0.297. The number of anilines is 1. The number of rotatable bonds is 5. The number of methoxy groups -OCH3 is 1. The standard InChI is InChI=1S/C14H14BrN3O2/c1-20-14(19)7-8-16-13-6-5-12(17-18-13)10-3-2-4-11(15)9-10/h2-6,9H,7-8H2,1H3,(H,16,18). The molecule has 1 aromatic carbocycles. The zero-order valence-electron chi connectivity index (χ0n) is 11.0. The Kier molecular flexibility index (Phi) is 5.06. The third kappa shape index (κ3) is 4.03. The average Bonchev–Trinajstić information content (AvgIpc) is 2.48. The molecule has 0 aliphatic rings. The molecule has 20 heavy (non-hydrogen) atoms. The fourth-order valence-electron chi connectivity index (χ4n) is 1.62. The minimum absolute atomic E-state index is 0.254. The maximum absolute atomic E-state index is 11.0. The summed E-state index contributed by atoms with van der Waals surface area (Å²) in [5, 5.41) is 11.3. The highest BCUT2D eigenvalue weighted by molar-refractivity contribution is 9.10. The van der Waals surface area contributed by atoms with Gasteiger partial charge in [-0.25, -0.2) is 0 Å². The lowest BCUT2D eigenvalue weighted by molar-refractivity contribution is -0.140. The van der Waals surface area contributed by atoms with Crippen molar-refractivity contribution in [3.63, 3.8) is 0 Å². The van der Waals surface area contributed by atoms with Gasteiger partial charge in [-0.05, 0) is 24.3 Å². The van der Waals surface area contributed by atoms with Crippen LogP contribution in [-0.4, -0.2) is 29.8 Å². The fourth-order valence-corrected chi connectivity index (χ4v) is 2.02. The number of halogens is 1. The zero-order chi connectivity index (χ0) is 14.4. The number of nitrogens with zero attached hydrogens (tertiary/aromatic N) is 2. The van der Waals surface area contributed by atoms with Gasteiger partial charge in [-0.15, -0.1) is 10.2 Å². The number of aromatic nitrogens is 2. The van der Waals surface area contributed by atoms with Gasteiger partial charge in [-0.3, -0.25) is 4.79 Å². The molecule has 2 aromatic rings. The molecule has 0 fully saturated rings. The highest BCUT2D eigenvalue weighted by Gasteiger charge is 2.03. The predicted octanol–water partition coefficient (Wildman–Crippen LogP) is 2.88. The highest BCUT2D eigenvalue weighted by Crippen LogP contribution is 2.21. The van der Waals surface area contributed by atoms with Crippen molar-refractivity contribution in [3.05, 3.63) is 40.9 Å². The number of carbonyl (C=O) groups is 1. The van der Waals surface area contributed by atoms with Gasteiger partial charge in [-0.2, -0.15) is 0 Å². The molecule has 5 nitrogen and oxygen atoms in total. The molecule has 0 radical (unpaired) electrons. The SMILES string of the molecule is COC(=O)CCNc1ccc(-c2cccc(Br)c2)nn1. The first-order valence-corrected chi connectivity index (χ1v) is 6.88. The largest absolute Gasteiger partial charge is 0.469 e. The molecule has 0 saturated heterocycles. The topological polar surface area (TPSA) is 64.1 Å². The molecule has 6 heteroatoms. The maximum Gasteiger partial charge on any atom is 0.307 e. The minimum atomic E-state index is -0.254. The smallest absolute Gasteiger partial charge is 0.307 e. The first-order valence-electron chi connectivity index (χ1n) is 6.09. The second-order valence-corrected chi connectivity index (χ2v) is 4.98. The van der Waals surface area contributed by atoms with Crippen LogP contribution in [0.1, 0.15) is 6.42 Å². The summed E-state index contributed by atoms with van der Waals surface area (Å²) in [7, 11) is 1.37. The van der Waals surface area contributed by atoms with E-state index in [0.29, 0.717) is 18.8 Å². The Bertz CT molecular complexity index is 587. The first-order chi connectivity index (χ1) is 9.69. The van der Waals surface area contributed by atoms with E-state index in [-0.39, 0.29) is 5.97 Å². The molecule has 104 valence electrons. The van der Waals surface area contributed by atoms with Crippen LogP contribution in [-0.2, 0) is 9.53 Å². The summed E-state index contributed by atoms with van der Waals surface area (Å²) in [5.41, 5.74) is 1.79. The predicted molar refractivity (Wildman–Crippen MR) is 80.3 cm³/mol. The number of carbonyl (C=O) groups excluding carboxylic acids is 1. The van der Waals surface area contributed by atoms with E-state index in [9.17, 15) is 4.79 Å². The molecular formula is C14H14BrN3O2. The Morgan fingerprint density at radius 2 is 2.15 bits per heavy atom. The molecule has 0 bridgehead atoms. The van der Waals surface area contributed by atoms with E-state index in [1.165, 1.54) is 7.11 Å². The second-order valence-electron chi connectivity index (χ2n) is 4.07. The molecule has 0 spiro atoms. The van der Waals surface area contributed by atoms with Crippen molar-refractivity contribution in [1.29, 1.82) is 0 Å². The molecule has 1 N–H and O–H groups in total. The van der Waals surface area contributed by atoms with Gasteiger partial charge < -0.3 is 10.1 Å². The third-order valence-electron chi connectivity index (χ3n) is 2.65. The normalized spacial score (nSPS) is 10.1. The van der Waals surface area contributed by atoms with E-state index in [1.807, 2.05) is 36.4 Å². The molecular weight excluding hydrogens is 322 g/mol. The summed E-state index contributed by atoms with van der Waals surface area (Å²) < 4.78 is 5.55. The first kappa shape index (κ1) is 14.5. The van der Waals surface area contributed by atoms with Crippen molar-refractivity contribution < 1.29 is 9.53 Å². The molecule has 0 saturated carbocycles. The fraction of sp³-hybridized carbons (Fsp3) is 0.214. The number of hydrogen-bond acceptors (Lipinski definition) is 5. The molecule has 0 amide bonds. The minimum Gasteiger partial charge on any atom is -0.469 e. The van der Waals surface area contributed by atoms with Crippen LogP contribution in [0, 0.1) is 0 Å². The molecule has 0 aliphatic carbocycles. The van der Waals surface area contributed by atoms with Crippen LogP contribution in [0.4, 0.5) is 5.82 Å². The van der Waals surface area contributed by atoms with Gasteiger partial charge in [0.25, 0.3) is 0 Å². The lowest BCUT2D eigenvalue weighted by Gasteiger charge is -2.05. The van der Waals surface area contributed by atoms with Crippen LogP contribution in [0.3, 0.4) is 0 Å². The molecule has 2 rings (SSSR count). The Labute approximate surface area is 125 Å². The summed E-state index contributed by atoms with van der Waals surface area (Å²) in [6.45, 7) is 0.470. The van der Waals surface area contributed by atoms with Crippen LogP contribution in [0.25, 0.3) is 11.3 Å².